The van der Waals surface area contributed by atoms with Gasteiger partial charge in [-0.3, -0.25) is 9.59 Å². The number of esters is 1. The molecular weight excluding hydrogens is 731 g/mol. The van der Waals surface area contributed by atoms with Crippen LogP contribution in [0.15, 0.2) is 48.6 Å². The van der Waals surface area contributed by atoms with Crippen molar-refractivity contribution in [2.24, 2.45) is 0 Å². The smallest absolute Gasteiger partial charge is 0.306 e. The Labute approximate surface area is 366 Å². The molecule has 0 heterocycles. The third-order valence-corrected chi connectivity index (χ3v) is 11.4. The van der Waals surface area contributed by atoms with E-state index in [1.165, 1.54) is 116 Å². The maximum atomic E-state index is 13.2. The van der Waals surface area contributed by atoms with E-state index in [1.54, 1.807) is 0 Å². The van der Waals surface area contributed by atoms with Gasteiger partial charge in [-0.1, -0.05) is 204 Å². The summed E-state index contributed by atoms with van der Waals surface area (Å²) >= 11 is 0. The molecule has 0 rings (SSSR count). The predicted molar refractivity (Wildman–Crippen MR) is 255 cm³/mol. The lowest BCUT2D eigenvalue weighted by Gasteiger charge is -2.24. The summed E-state index contributed by atoms with van der Waals surface area (Å²) in [6.07, 6.45) is 56.0. The van der Waals surface area contributed by atoms with Gasteiger partial charge in [0, 0.05) is 6.42 Å². The number of unbranched alkanes of at least 4 members (excludes halogenated alkanes) is 25. The van der Waals surface area contributed by atoms with Crippen molar-refractivity contribution in [2.75, 3.05) is 6.61 Å². The fourth-order valence-electron chi connectivity index (χ4n) is 7.56. The van der Waals surface area contributed by atoms with Crippen LogP contribution >= 0.6 is 0 Å². The fraction of sp³-hybridized carbons (Fsp3) is 0.811. The molecule has 3 atom stereocenters. The zero-order valence-electron chi connectivity index (χ0n) is 39.1. The SMILES string of the molecule is CC/C=C/C/C=C/C/C=C/CCCCCCC(CC(=O)NC(CO)C(O)CCCCCCCCCCC)OC(=O)CCCCCCCCC/C=C/CCCCCCCC. The van der Waals surface area contributed by atoms with Crippen molar-refractivity contribution in [3.8, 4) is 0 Å². The van der Waals surface area contributed by atoms with Crippen LogP contribution in [0.5, 0.6) is 0 Å². The Hall–Kier alpha value is -2.18. The molecule has 3 unspecified atom stereocenters. The summed E-state index contributed by atoms with van der Waals surface area (Å²) < 4.78 is 5.92. The summed E-state index contributed by atoms with van der Waals surface area (Å²) in [6, 6.07) is -0.708. The molecule has 344 valence electrons. The molecule has 0 saturated carbocycles. The van der Waals surface area contributed by atoms with Crippen LogP contribution in [0, 0.1) is 0 Å². The van der Waals surface area contributed by atoms with Crippen molar-refractivity contribution in [3.63, 3.8) is 0 Å². The third-order valence-electron chi connectivity index (χ3n) is 11.4. The highest BCUT2D eigenvalue weighted by atomic mass is 16.5. The summed E-state index contributed by atoms with van der Waals surface area (Å²) in [7, 11) is 0. The molecule has 0 bridgehead atoms. The first-order valence-electron chi connectivity index (χ1n) is 25.4. The van der Waals surface area contributed by atoms with Gasteiger partial charge in [0.1, 0.15) is 6.10 Å². The van der Waals surface area contributed by atoms with Crippen LogP contribution in [0.25, 0.3) is 0 Å². The monoisotopic (exact) mass is 828 g/mol. The summed E-state index contributed by atoms with van der Waals surface area (Å²) in [5.74, 6) is -0.498. The van der Waals surface area contributed by atoms with Crippen LogP contribution in [0.1, 0.15) is 252 Å². The van der Waals surface area contributed by atoms with Crippen molar-refractivity contribution < 1.29 is 24.5 Å². The highest BCUT2D eigenvalue weighted by molar-refractivity contribution is 5.77. The topological polar surface area (TPSA) is 95.9 Å². The normalized spacial score (nSPS) is 13.6. The number of aliphatic hydroxyl groups excluding tert-OH is 2. The molecule has 0 aliphatic rings. The van der Waals surface area contributed by atoms with Crippen molar-refractivity contribution in [1.29, 1.82) is 0 Å². The number of rotatable bonds is 45. The van der Waals surface area contributed by atoms with E-state index < -0.39 is 18.2 Å². The van der Waals surface area contributed by atoms with Gasteiger partial charge in [-0.2, -0.15) is 0 Å². The van der Waals surface area contributed by atoms with Crippen LogP contribution in [0.4, 0.5) is 0 Å². The maximum Gasteiger partial charge on any atom is 0.306 e. The lowest BCUT2D eigenvalue weighted by Crippen LogP contribution is -2.46. The van der Waals surface area contributed by atoms with Crippen LogP contribution in [-0.4, -0.2) is 46.9 Å². The number of amides is 1. The molecule has 1 amide bonds. The molecule has 0 aliphatic carbocycles. The minimum atomic E-state index is -0.793. The Morgan fingerprint density at radius 2 is 0.915 bits per heavy atom. The van der Waals surface area contributed by atoms with Crippen molar-refractivity contribution in [1.82, 2.24) is 5.32 Å². The van der Waals surface area contributed by atoms with Crippen molar-refractivity contribution in [2.45, 2.75) is 270 Å². The van der Waals surface area contributed by atoms with Crippen molar-refractivity contribution in [3.05, 3.63) is 48.6 Å². The summed E-state index contributed by atoms with van der Waals surface area (Å²) in [5, 5.41) is 23.7. The summed E-state index contributed by atoms with van der Waals surface area (Å²) in [5.41, 5.74) is 0. The van der Waals surface area contributed by atoms with Crippen molar-refractivity contribution >= 4 is 11.9 Å². The predicted octanol–water partition coefficient (Wildman–Crippen LogP) is 15.1. The van der Waals surface area contributed by atoms with Gasteiger partial charge in [0.25, 0.3) is 0 Å². The Kier molecular flexibility index (Phi) is 45.1. The number of aliphatic hydroxyl groups is 2. The van der Waals surface area contributed by atoms with Gasteiger partial charge in [-0.05, 0) is 83.5 Å². The zero-order valence-corrected chi connectivity index (χ0v) is 39.1. The van der Waals surface area contributed by atoms with Crippen LogP contribution in [0.2, 0.25) is 0 Å². The minimum absolute atomic E-state index is 0.0612. The minimum Gasteiger partial charge on any atom is -0.462 e. The van der Waals surface area contributed by atoms with Crippen LogP contribution in [-0.2, 0) is 14.3 Å². The van der Waals surface area contributed by atoms with E-state index in [0.717, 1.165) is 89.9 Å². The van der Waals surface area contributed by atoms with E-state index in [-0.39, 0.29) is 24.9 Å². The number of hydrogen-bond donors (Lipinski definition) is 3. The number of hydrogen-bond acceptors (Lipinski definition) is 5. The van der Waals surface area contributed by atoms with Gasteiger partial charge in [-0.25, -0.2) is 0 Å². The van der Waals surface area contributed by atoms with E-state index >= 15 is 0 Å². The first-order valence-corrected chi connectivity index (χ1v) is 25.4. The van der Waals surface area contributed by atoms with Gasteiger partial charge in [0.15, 0.2) is 0 Å². The number of ether oxygens (including phenoxy) is 1. The first-order chi connectivity index (χ1) is 29.0. The molecule has 0 aromatic rings. The molecule has 6 nitrogen and oxygen atoms in total. The molecule has 0 aliphatic heterocycles. The third kappa shape index (κ3) is 42.3. The van der Waals surface area contributed by atoms with E-state index in [0.29, 0.717) is 19.3 Å². The second-order valence-corrected chi connectivity index (χ2v) is 17.2. The van der Waals surface area contributed by atoms with Gasteiger partial charge in [-0.15, -0.1) is 0 Å². The Morgan fingerprint density at radius 3 is 1.41 bits per heavy atom. The Balaban J connectivity index is 4.59. The molecule has 0 fully saturated rings. The summed E-state index contributed by atoms with van der Waals surface area (Å²) in [6.45, 7) is 6.34. The Morgan fingerprint density at radius 1 is 0.508 bits per heavy atom. The quantitative estimate of drug-likeness (QED) is 0.0323. The lowest BCUT2D eigenvalue weighted by molar-refractivity contribution is -0.151. The van der Waals surface area contributed by atoms with E-state index in [9.17, 15) is 19.8 Å². The average molecular weight is 828 g/mol. The maximum absolute atomic E-state index is 13.2. The first kappa shape index (κ1) is 56.8. The molecule has 0 radical (unpaired) electrons. The van der Waals surface area contributed by atoms with E-state index in [4.69, 9.17) is 4.74 Å². The molecule has 0 aromatic heterocycles. The number of nitrogens with one attached hydrogen (secondary N) is 1. The summed E-state index contributed by atoms with van der Waals surface area (Å²) in [4.78, 5) is 26.1. The average Bonchev–Trinajstić information content (AvgIpc) is 3.23. The molecular formula is C53H97NO5. The molecule has 6 heteroatoms. The number of carbonyl (C=O) groups excluding carboxylic acids is 2. The van der Waals surface area contributed by atoms with Gasteiger partial charge < -0.3 is 20.3 Å². The molecule has 0 spiro atoms. The second-order valence-electron chi connectivity index (χ2n) is 17.2. The van der Waals surface area contributed by atoms with E-state index in [2.05, 4.69) is 74.7 Å². The van der Waals surface area contributed by atoms with Gasteiger partial charge in [0.2, 0.25) is 5.91 Å². The lowest BCUT2D eigenvalue weighted by atomic mass is 10.0. The van der Waals surface area contributed by atoms with Gasteiger partial charge in [0.05, 0.1) is 25.2 Å². The molecule has 3 N–H and O–H groups in total. The molecule has 59 heavy (non-hydrogen) atoms. The van der Waals surface area contributed by atoms with Gasteiger partial charge >= 0.3 is 5.97 Å². The second kappa shape index (κ2) is 46.9. The highest BCUT2D eigenvalue weighted by Crippen LogP contribution is 2.17. The number of carbonyl (C=O) groups is 2. The van der Waals surface area contributed by atoms with Crippen LogP contribution in [0.3, 0.4) is 0 Å². The van der Waals surface area contributed by atoms with E-state index in [1.807, 2.05) is 0 Å². The molecule has 0 aromatic carbocycles. The Bertz CT molecular complexity index is 1020. The zero-order chi connectivity index (χ0) is 43.1. The van der Waals surface area contributed by atoms with Crippen LogP contribution < -0.4 is 5.32 Å². The highest BCUT2D eigenvalue weighted by Gasteiger charge is 2.24. The number of allylic oxidation sites excluding steroid dienone is 8. The largest absolute Gasteiger partial charge is 0.462 e. The fourth-order valence-corrected chi connectivity index (χ4v) is 7.56. The standard InChI is InChI=1S/C53H97NO5/c1-4-7-10-13-16-19-21-23-25-26-27-29-31-34-37-40-43-46-53(58)59-49(44-41-38-35-33-30-28-24-22-20-17-14-11-8-5-2)47-52(57)54-50(48-55)51(56)45-42-39-36-32-18-15-12-9-6-3/h8,11,17,20,23-25,28,49-51,55-56H,4-7,9-10,12-16,18-19,21-22,26-27,29-48H2,1-3H3,(H,54,57)/b11-8+,20-17+,25-23+,28-24+. The molecule has 0 saturated heterocycles.